The quantitative estimate of drug-likeness (QED) is 0.679. The van der Waals surface area contributed by atoms with Crippen molar-refractivity contribution in [3.63, 3.8) is 0 Å². The minimum atomic E-state index is -0.377. The molecule has 2 heterocycles. The predicted molar refractivity (Wildman–Crippen MR) is 72.9 cm³/mol. The highest BCUT2D eigenvalue weighted by Gasteiger charge is 2.28. The van der Waals surface area contributed by atoms with Crippen LogP contribution < -0.4 is 10.2 Å². The zero-order chi connectivity index (χ0) is 13.1. The lowest BCUT2D eigenvalue weighted by atomic mass is 10.2. The van der Waals surface area contributed by atoms with E-state index in [1.54, 1.807) is 6.20 Å². The molecule has 0 amide bonds. The minimum absolute atomic E-state index is 0.0538. The molecule has 1 aromatic rings. The molecule has 0 radical (unpaired) electrons. The first-order valence-electron chi connectivity index (χ1n) is 5.90. The summed E-state index contributed by atoms with van der Waals surface area (Å²) in [6, 6.07) is 1.79. The molecular weight excluding hydrogens is 300 g/mol. The van der Waals surface area contributed by atoms with E-state index in [0.29, 0.717) is 16.8 Å². The lowest BCUT2D eigenvalue weighted by Crippen LogP contribution is -2.37. The number of halogens is 1. The topological polar surface area (TPSA) is 71.3 Å². The van der Waals surface area contributed by atoms with Crippen LogP contribution in [0.3, 0.4) is 0 Å². The van der Waals surface area contributed by atoms with Crippen LogP contribution >= 0.6 is 15.9 Å². The Hall–Kier alpha value is -1.21. The van der Waals surface area contributed by atoms with Gasteiger partial charge in [0.15, 0.2) is 0 Å². The van der Waals surface area contributed by atoms with Gasteiger partial charge < -0.3 is 10.2 Å². The van der Waals surface area contributed by atoms with Crippen LogP contribution in [0.4, 0.5) is 11.5 Å². The Bertz CT molecular complexity index is 449. The molecule has 2 rings (SSSR count). The SMILES string of the molecule is CCN(c1ncc(Br)cc1[N+](=O)[O-])C1CCNC1. The molecule has 0 aliphatic carbocycles. The second-order valence-corrected chi connectivity index (χ2v) is 5.10. The van der Waals surface area contributed by atoms with Crippen LogP contribution in [0.25, 0.3) is 0 Å². The zero-order valence-corrected chi connectivity index (χ0v) is 11.7. The molecule has 1 fully saturated rings. The maximum absolute atomic E-state index is 11.1. The number of hydrogen-bond acceptors (Lipinski definition) is 5. The van der Waals surface area contributed by atoms with Gasteiger partial charge in [-0.15, -0.1) is 0 Å². The Balaban J connectivity index is 2.37. The fraction of sp³-hybridized carbons (Fsp3) is 0.545. The summed E-state index contributed by atoms with van der Waals surface area (Å²) in [5, 5.41) is 14.4. The molecule has 0 aromatic carbocycles. The molecule has 1 aromatic heterocycles. The molecule has 18 heavy (non-hydrogen) atoms. The van der Waals surface area contributed by atoms with E-state index in [-0.39, 0.29) is 16.7 Å². The first-order chi connectivity index (χ1) is 8.63. The lowest BCUT2D eigenvalue weighted by Gasteiger charge is -2.27. The van der Waals surface area contributed by atoms with Gasteiger partial charge in [0.05, 0.1) is 4.92 Å². The van der Waals surface area contributed by atoms with Gasteiger partial charge in [0.2, 0.25) is 5.82 Å². The Morgan fingerprint density at radius 1 is 1.72 bits per heavy atom. The van der Waals surface area contributed by atoms with Gasteiger partial charge in [-0.2, -0.15) is 0 Å². The summed E-state index contributed by atoms with van der Waals surface area (Å²) >= 11 is 3.22. The number of anilines is 1. The number of nitrogens with one attached hydrogen (secondary N) is 1. The molecule has 6 nitrogen and oxygen atoms in total. The van der Waals surface area contributed by atoms with Crippen molar-refractivity contribution in [1.82, 2.24) is 10.3 Å². The molecule has 0 saturated carbocycles. The first kappa shape index (κ1) is 13.2. The summed E-state index contributed by atoms with van der Waals surface area (Å²) < 4.78 is 0.624. The number of likely N-dealkylation sites (N-methyl/N-ethyl adjacent to an activating group) is 1. The lowest BCUT2D eigenvalue weighted by molar-refractivity contribution is -0.384. The van der Waals surface area contributed by atoms with Crippen molar-refractivity contribution in [2.75, 3.05) is 24.5 Å². The van der Waals surface area contributed by atoms with Crippen molar-refractivity contribution in [3.05, 3.63) is 26.9 Å². The van der Waals surface area contributed by atoms with Crippen LogP contribution in [-0.4, -0.2) is 35.6 Å². The van der Waals surface area contributed by atoms with Crippen molar-refractivity contribution in [2.45, 2.75) is 19.4 Å². The highest BCUT2D eigenvalue weighted by molar-refractivity contribution is 9.10. The number of aromatic nitrogens is 1. The van der Waals surface area contributed by atoms with Crippen LogP contribution in [0.1, 0.15) is 13.3 Å². The zero-order valence-electron chi connectivity index (χ0n) is 10.1. The second kappa shape index (κ2) is 5.62. The van der Waals surface area contributed by atoms with Gasteiger partial charge >= 0.3 is 5.69 Å². The van der Waals surface area contributed by atoms with Crippen LogP contribution in [-0.2, 0) is 0 Å². The van der Waals surface area contributed by atoms with Crippen molar-refractivity contribution < 1.29 is 4.92 Å². The van der Waals surface area contributed by atoms with E-state index >= 15 is 0 Å². The molecule has 0 spiro atoms. The Morgan fingerprint density at radius 3 is 3.06 bits per heavy atom. The van der Waals surface area contributed by atoms with E-state index in [9.17, 15) is 10.1 Å². The molecular formula is C11H15BrN4O2. The van der Waals surface area contributed by atoms with Gasteiger partial charge in [-0.25, -0.2) is 4.98 Å². The number of rotatable bonds is 4. The van der Waals surface area contributed by atoms with Crippen LogP contribution in [0.2, 0.25) is 0 Å². The summed E-state index contributed by atoms with van der Waals surface area (Å²) in [7, 11) is 0. The summed E-state index contributed by atoms with van der Waals surface area (Å²) in [6.45, 7) is 4.50. The van der Waals surface area contributed by atoms with Gasteiger partial charge in [-0.1, -0.05) is 0 Å². The number of hydrogen-bond donors (Lipinski definition) is 1. The van der Waals surface area contributed by atoms with Gasteiger partial charge in [0, 0.05) is 35.9 Å². The maximum Gasteiger partial charge on any atom is 0.312 e. The second-order valence-electron chi connectivity index (χ2n) is 4.19. The molecule has 1 aliphatic heterocycles. The number of nitrogens with zero attached hydrogens (tertiary/aromatic N) is 3. The number of pyridine rings is 1. The Morgan fingerprint density at radius 2 is 2.50 bits per heavy atom. The summed E-state index contributed by atoms with van der Waals surface area (Å²) in [5.41, 5.74) is 0.0538. The molecule has 98 valence electrons. The number of nitro groups is 1. The van der Waals surface area contributed by atoms with Crippen LogP contribution in [0, 0.1) is 10.1 Å². The largest absolute Gasteiger partial charge is 0.347 e. The molecule has 1 unspecified atom stereocenters. The average molecular weight is 315 g/mol. The average Bonchev–Trinajstić information content (AvgIpc) is 2.85. The Kier molecular flexibility index (Phi) is 4.13. The van der Waals surface area contributed by atoms with E-state index < -0.39 is 0 Å². The first-order valence-corrected chi connectivity index (χ1v) is 6.70. The molecule has 1 N–H and O–H groups in total. The van der Waals surface area contributed by atoms with Crippen molar-refractivity contribution in [1.29, 1.82) is 0 Å². The van der Waals surface area contributed by atoms with Gasteiger partial charge in [0.25, 0.3) is 0 Å². The summed E-state index contributed by atoms with van der Waals surface area (Å²) in [5.74, 6) is 0.458. The van der Waals surface area contributed by atoms with Crippen molar-refractivity contribution in [2.24, 2.45) is 0 Å². The highest BCUT2D eigenvalue weighted by atomic mass is 79.9. The summed E-state index contributed by atoms with van der Waals surface area (Å²) in [4.78, 5) is 17.0. The smallest absolute Gasteiger partial charge is 0.312 e. The van der Waals surface area contributed by atoms with Gasteiger partial charge in [-0.3, -0.25) is 10.1 Å². The third-order valence-electron chi connectivity index (χ3n) is 3.10. The van der Waals surface area contributed by atoms with E-state index in [2.05, 4.69) is 26.2 Å². The third kappa shape index (κ3) is 2.62. The maximum atomic E-state index is 11.1. The molecule has 1 aliphatic rings. The van der Waals surface area contributed by atoms with Gasteiger partial charge in [0.1, 0.15) is 0 Å². The predicted octanol–water partition coefficient (Wildman–Crippen LogP) is 1.94. The highest BCUT2D eigenvalue weighted by Crippen LogP contribution is 2.30. The molecule has 1 atom stereocenters. The third-order valence-corrected chi connectivity index (χ3v) is 3.53. The molecule has 1 saturated heterocycles. The Labute approximate surface area is 114 Å². The van der Waals surface area contributed by atoms with E-state index in [1.807, 2.05) is 11.8 Å². The van der Waals surface area contributed by atoms with Crippen LogP contribution in [0.5, 0.6) is 0 Å². The normalized spacial score (nSPS) is 18.9. The fourth-order valence-corrected chi connectivity index (χ4v) is 2.58. The van der Waals surface area contributed by atoms with E-state index in [0.717, 1.165) is 19.5 Å². The van der Waals surface area contributed by atoms with Crippen molar-refractivity contribution in [3.8, 4) is 0 Å². The summed E-state index contributed by atoms with van der Waals surface area (Å²) in [6.07, 6.45) is 2.59. The van der Waals surface area contributed by atoms with E-state index in [1.165, 1.54) is 6.07 Å². The standard InChI is InChI=1S/C11H15BrN4O2/c1-2-15(9-3-4-13-7-9)11-10(16(17)18)5-8(12)6-14-11/h5-6,9,13H,2-4,7H2,1H3. The fourth-order valence-electron chi connectivity index (χ4n) is 2.26. The monoisotopic (exact) mass is 314 g/mol. The van der Waals surface area contributed by atoms with Crippen LogP contribution in [0.15, 0.2) is 16.7 Å². The van der Waals surface area contributed by atoms with Gasteiger partial charge in [-0.05, 0) is 35.8 Å². The minimum Gasteiger partial charge on any atom is -0.347 e. The van der Waals surface area contributed by atoms with E-state index in [4.69, 9.17) is 0 Å². The van der Waals surface area contributed by atoms with Crippen molar-refractivity contribution >= 4 is 27.4 Å². The molecule has 0 bridgehead atoms. The molecule has 7 heteroatoms.